The molecule has 1 aromatic heterocycles. The van der Waals surface area contributed by atoms with Crippen LogP contribution >= 0.6 is 0 Å². The third kappa shape index (κ3) is 4.16. The average Bonchev–Trinajstić information content (AvgIpc) is 2.99. The van der Waals surface area contributed by atoms with Gasteiger partial charge in [0.25, 0.3) is 0 Å². The molecule has 0 spiro atoms. The molecule has 0 unspecified atom stereocenters. The zero-order valence-corrected chi connectivity index (χ0v) is 15.8. The Balaban J connectivity index is 0.00000156. The number of hydrogen-bond donors (Lipinski definition) is 0. The molecule has 0 fully saturated rings. The zero-order chi connectivity index (χ0) is 16.3. The molecule has 0 N–H and O–H groups in total. The van der Waals surface area contributed by atoms with Gasteiger partial charge in [-0.15, -0.1) is 0 Å². The molecule has 24 heavy (non-hydrogen) atoms. The van der Waals surface area contributed by atoms with E-state index in [1.807, 2.05) is 0 Å². The standard InChI is InChI=1S/C16H12N2O4S.Na.H/c17-11-3-4-12-7-9-13(10-8-12)22-23(19,20)16-18-14-5-1-2-6-15(14)21-16;;/h1-2,5-10H,3-4H2;;/q;+1;-1. The van der Waals surface area contributed by atoms with Crippen molar-refractivity contribution in [2.45, 2.75) is 18.1 Å². The van der Waals surface area contributed by atoms with Crippen molar-refractivity contribution in [1.82, 2.24) is 4.98 Å². The zero-order valence-electron chi connectivity index (χ0n) is 14.0. The van der Waals surface area contributed by atoms with Gasteiger partial charge in [-0.05, 0) is 36.2 Å². The summed E-state index contributed by atoms with van der Waals surface area (Å²) in [5, 5.41) is 8.07. The normalized spacial score (nSPS) is 10.8. The molecule has 0 aliphatic rings. The van der Waals surface area contributed by atoms with Crippen molar-refractivity contribution in [2.24, 2.45) is 0 Å². The van der Waals surface area contributed by atoms with Crippen molar-refractivity contribution < 1.29 is 48.0 Å². The van der Waals surface area contributed by atoms with Gasteiger partial charge in [-0.2, -0.15) is 18.7 Å². The number of oxazole rings is 1. The van der Waals surface area contributed by atoms with Crippen molar-refractivity contribution in [3.8, 4) is 11.8 Å². The van der Waals surface area contributed by atoms with Crippen molar-refractivity contribution in [1.29, 1.82) is 5.26 Å². The van der Waals surface area contributed by atoms with Gasteiger partial charge >= 0.3 is 44.9 Å². The molecule has 0 aliphatic carbocycles. The average molecular weight is 352 g/mol. The maximum Gasteiger partial charge on any atom is 1.00 e. The minimum atomic E-state index is -4.14. The van der Waals surface area contributed by atoms with Gasteiger partial charge in [-0.25, -0.2) is 0 Å². The van der Waals surface area contributed by atoms with E-state index in [2.05, 4.69) is 11.1 Å². The van der Waals surface area contributed by atoms with Crippen LogP contribution in [-0.4, -0.2) is 13.4 Å². The molecule has 0 amide bonds. The SMILES string of the molecule is N#CCCc1ccc(OS(=O)(=O)c2nc3ccccc3o2)cc1.[H-].[Na+]. The smallest absolute Gasteiger partial charge is 1.00 e. The van der Waals surface area contributed by atoms with Crippen LogP contribution in [0, 0.1) is 11.3 Å². The molecule has 6 nitrogen and oxygen atoms in total. The Morgan fingerprint density at radius 3 is 2.54 bits per heavy atom. The molecule has 3 aromatic rings. The molecule has 2 aromatic carbocycles. The summed E-state index contributed by atoms with van der Waals surface area (Å²) in [6.45, 7) is 0. The van der Waals surface area contributed by atoms with E-state index in [1.165, 1.54) is 12.1 Å². The summed E-state index contributed by atoms with van der Waals surface area (Å²) in [6, 6.07) is 15.3. The van der Waals surface area contributed by atoms with Gasteiger partial charge in [0.15, 0.2) is 5.58 Å². The van der Waals surface area contributed by atoms with Crippen LogP contribution < -0.4 is 33.7 Å². The number of para-hydroxylation sites is 2. The van der Waals surface area contributed by atoms with Crippen LogP contribution in [0.4, 0.5) is 0 Å². The second kappa shape index (κ2) is 7.81. The predicted molar refractivity (Wildman–Crippen MR) is 83.3 cm³/mol. The second-order valence-corrected chi connectivity index (χ2v) is 6.21. The van der Waals surface area contributed by atoms with Gasteiger partial charge in [0.05, 0.1) is 6.07 Å². The summed E-state index contributed by atoms with van der Waals surface area (Å²) in [5.74, 6) is 0.160. The first kappa shape index (κ1) is 18.5. The number of hydrogen-bond acceptors (Lipinski definition) is 6. The van der Waals surface area contributed by atoms with Crippen molar-refractivity contribution in [2.75, 3.05) is 0 Å². The Morgan fingerprint density at radius 1 is 1.17 bits per heavy atom. The van der Waals surface area contributed by atoms with Crippen LogP contribution in [0.15, 0.2) is 58.2 Å². The Morgan fingerprint density at radius 2 is 1.88 bits per heavy atom. The maximum absolute atomic E-state index is 12.2. The minimum absolute atomic E-state index is 0. The third-order valence-electron chi connectivity index (χ3n) is 3.14. The number of nitrogens with zero attached hydrogens (tertiary/aromatic N) is 2. The summed E-state index contributed by atoms with van der Waals surface area (Å²) in [7, 11) is -4.14. The Hall–Kier alpha value is -1.85. The van der Waals surface area contributed by atoms with E-state index in [1.54, 1.807) is 36.4 Å². The first-order chi connectivity index (χ1) is 11.1. The first-order valence-corrected chi connectivity index (χ1v) is 8.25. The maximum atomic E-state index is 12.2. The molecule has 0 radical (unpaired) electrons. The molecule has 0 bridgehead atoms. The van der Waals surface area contributed by atoms with Gasteiger partial charge in [-0.1, -0.05) is 24.3 Å². The van der Waals surface area contributed by atoms with E-state index in [0.29, 0.717) is 23.9 Å². The van der Waals surface area contributed by atoms with Crippen LogP contribution in [0.2, 0.25) is 0 Å². The van der Waals surface area contributed by atoms with Gasteiger partial charge in [0, 0.05) is 6.42 Å². The fourth-order valence-electron chi connectivity index (χ4n) is 2.03. The topological polar surface area (TPSA) is 93.2 Å². The van der Waals surface area contributed by atoms with E-state index >= 15 is 0 Å². The van der Waals surface area contributed by atoms with E-state index < -0.39 is 15.3 Å². The van der Waals surface area contributed by atoms with Gasteiger partial charge in [-0.3, -0.25) is 0 Å². The number of fused-ring (bicyclic) bond motifs is 1. The largest absolute Gasteiger partial charge is 1.00 e. The Kier molecular flexibility index (Phi) is 6.02. The molecule has 0 saturated heterocycles. The van der Waals surface area contributed by atoms with E-state index in [4.69, 9.17) is 13.9 Å². The third-order valence-corrected chi connectivity index (χ3v) is 4.16. The van der Waals surface area contributed by atoms with Crippen LogP contribution in [-0.2, 0) is 16.5 Å². The van der Waals surface area contributed by atoms with Crippen molar-refractivity contribution in [3.63, 3.8) is 0 Å². The van der Waals surface area contributed by atoms with Crippen LogP contribution in [0.25, 0.3) is 11.1 Å². The molecular formula is C16H13N2NaO4S. The summed E-state index contributed by atoms with van der Waals surface area (Å²) < 4.78 is 34.7. The quantitative estimate of drug-likeness (QED) is 0.480. The molecule has 3 rings (SSSR count). The van der Waals surface area contributed by atoms with Crippen molar-refractivity contribution >= 4 is 21.2 Å². The molecule has 8 heteroatoms. The van der Waals surface area contributed by atoms with Crippen LogP contribution in [0.5, 0.6) is 5.75 Å². The van der Waals surface area contributed by atoms with E-state index in [9.17, 15) is 8.42 Å². The van der Waals surface area contributed by atoms with E-state index in [-0.39, 0.29) is 36.7 Å². The summed E-state index contributed by atoms with van der Waals surface area (Å²) >= 11 is 0. The molecule has 0 aliphatic heterocycles. The molecule has 0 saturated carbocycles. The number of nitriles is 1. The Labute approximate surface area is 163 Å². The van der Waals surface area contributed by atoms with Gasteiger partial charge < -0.3 is 10.0 Å². The van der Waals surface area contributed by atoms with Crippen LogP contribution in [0.1, 0.15) is 13.4 Å². The number of aromatic nitrogens is 1. The summed E-state index contributed by atoms with van der Waals surface area (Å²) in [4.78, 5) is 3.92. The monoisotopic (exact) mass is 352 g/mol. The first-order valence-electron chi connectivity index (χ1n) is 6.84. The predicted octanol–water partition coefficient (Wildman–Crippen LogP) is 0.168. The van der Waals surface area contributed by atoms with Crippen molar-refractivity contribution in [3.05, 3.63) is 54.1 Å². The van der Waals surface area contributed by atoms with Gasteiger partial charge in [0.2, 0.25) is 0 Å². The number of benzene rings is 2. The van der Waals surface area contributed by atoms with Gasteiger partial charge in [0.1, 0.15) is 11.3 Å². The molecule has 0 atom stereocenters. The molecule has 1 heterocycles. The molecule has 118 valence electrons. The Bertz CT molecular complexity index is 948. The minimum Gasteiger partial charge on any atom is -1.00 e. The second-order valence-electron chi connectivity index (χ2n) is 4.79. The summed E-state index contributed by atoms with van der Waals surface area (Å²) in [5.41, 5.74) is 1.75. The summed E-state index contributed by atoms with van der Waals surface area (Å²) in [6.07, 6.45) is 1.01. The van der Waals surface area contributed by atoms with E-state index in [0.717, 1.165) is 5.56 Å². The fourth-order valence-corrected chi connectivity index (χ4v) is 2.87. The van der Waals surface area contributed by atoms with Crippen LogP contribution in [0.3, 0.4) is 0 Å². The molecular weight excluding hydrogens is 339 g/mol. The fraction of sp³-hybridized carbons (Fsp3) is 0.125. The number of rotatable bonds is 5. The number of aryl methyl sites for hydroxylation is 1.